The smallest absolute Gasteiger partial charge is 0.260 e. The predicted molar refractivity (Wildman–Crippen MR) is 100 cm³/mol. The lowest BCUT2D eigenvalue weighted by Gasteiger charge is -2.36. The molecule has 4 nitrogen and oxygen atoms in total. The molecule has 0 radical (unpaired) electrons. The summed E-state index contributed by atoms with van der Waals surface area (Å²) >= 11 is 1.93. The molecule has 1 aromatic carbocycles. The van der Waals surface area contributed by atoms with Crippen LogP contribution in [-0.2, 0) is 4.79 Å². The highest BCUT2D eigenvalue weighted by atomic mass is 32.2. The maximum atomic E-state index is 12.7. The molecule has 1 fully saturated rings. The molecule has 1 atom stereocenters. The molecule has 1 aromatic rings. The van der Waals surface area contributed by atoms with Crippen LogP contribution in [0.25, 0.3) is 0 Å². The number of carbonyl (C=O) groups is 1. The number of piperidine rings is 1. The number of hydrogen-bond donors (Lipinski definition) is 0. The summed E-state index contributed by atoms with van der Waals surface area (Å²) in [5.41, 5.74) is 0. The van der Waals surface area contributed by atoms with E-state index in [0.717, 1.165) is 25.1 Å². The average Bonchev–Trinajstić information content (AvgIpc) is 2.57. The number of carbonyl (C=O) groups excluding carboxylic acids is 1. The number of nitrogens with zero attached hydrogens (tertiary/aromatic N) is 1. The first-order chi connectivity index (χ1) is 11.4. The Morgan fingerprint density at radius 3 is 2.62 bits per heavy atom. The molecule has 0 N–H and O–H groups in total. The summed E-state index contributed by atoms with van der Waals surface area (Å²) in [6, 6.07) is 7.75. The van der Waals surface area contributed by atoms with Crippen molar-refractivity contribution in [2.75, 3.05) is 26.0 Å². The second-order valence-corrected chi connectivity index (χ2v) is 8.95. The van der Waals surface area contributed by atoms with E-state index in [0.29, 0.717) is 17.5 Å². The summed E-state index contributed by atoms with van der Waals surface area (Å²) < 4.78 is 11.2. The zero-order valence-electron chi connectivity index (χ0n) is 15.2. The molecule has 2 rings (SSSR count). The van der Waals surface area contributed by atoms with Gasteiger partial charge in [-0.1, -0.05) is 32.9 Å². The van der Waals surface area contributed by atoms with Gasteiger partial charge in [-0.15, -0.1) is 0 Å². The Kier molecular flexibility index (Phi) is 6.84. The van der Waals surface area contributed by atoms with Crippen molar-refractivity contribution in [2.45, 2.75) is 50.8 Å². The van der Waals surface area contributed by atoms with Crippen molar-refractivity contribution < 1.29 is 14.3 Å². The van der Waals surface area contributed by atoms with Gasteiger partial charge in [0.05, 0.1) is 7.11 Å². The number of ether oxygens (including phenoxy) is 2. The standard InChI is InChI=1S/C19H29NO3S/c1-19(2,3)24-14-15-9-7-8-12-20(15)18(21)13-23-17-11-6-5-10-16(17)22-4/h5-6,10-11,15H,7-9,12-14H2,1-4H3/t15-/m0/s1. The molecule has 1 heterocycles. The third-order valence-electron chi connectivity index (χ3n) is 4.08. The Balaban J connectivity index is 1.93. The molecule has 0 aliphatic carbocycles. The van der Waals surface area contributed by atoms with Crippen LogP contribution in [0.5, 0.6) is 11.5 Å². The van der Waals surface area contributed by atoms with Gasteiger partial charge in [0.1, 0.15) is 0 Å². The highest BCUT2D eigenvalue weighted by Crippen LogP contribution is 2.29. The second kappa shape index (κ2) is 8.65. The molecule has 1 amide bonds. The average molecular weight is 352 g/mol. The molecule has 0 unspecified atom stereocenters. The highest BCUT2D eigenvalue weighted by Gasteiger charge is 2.28. The molecule has 1 aliphatic heterocycles. The Labute approximate surface area is 149 Å². The number of rotatable bonds is 6. The van der Waals surface area contributed by atoms with Gasteiger partial charge in [0.25, 0.3) is 5.91 Å². The number of hydrogen-bond acceptors (Lipinski definition) is 4. The van der Waals surface area contributed by atoms with E-state index < -0.39 is 0 Å². The largest absolute Gasteiger partial charge is 0.493 e. The first-order valence-corrected chi connectivity index (χ1v) is 9.58. The number of likely N-dealkylation sites (tertiary alicyclic amines) is 1. The van der Waals surface area contributed by atoms with Crippen LogP contribution in [0.4, 0.5) is 0 Å². The van der Waals surface area contributed by atoms with Gasteiger partial charge < -0.3 is 14.4 Å². The summed E-state index contributed by atoms with van der Waals surface area (Å²) in [5, 5.41) is 0. The van der Waals surface area contributed by atoms with Crippen molar-refractivity contribution in [3.63, 3.8) is 0 Å². The molecule has 0 bridgehead atoms. The molecule has 24 heavy (non-hydrogen) atoms. The van der Waals surface area contributed by atoms with Crippen molar-refractivity contribution in [3.8, 4) is 11.5 Å². The normalized spacial score (nSPS) is 18.3. The molecular formula is C19H29NO3S. The van der Waals surface area contributed by atoms with Crippen LogP contribution in [0.15, 0.2) is 24.3 Å². The fraction of sp³-hybridized carbons (Fsp3) is 0.632. The van der Waals surface area contributed by atoms with E-state index in [9.17, 15) is 4.79 Å². The second-order valence-electron chi connectivity index (χ2n) is 7.10. The van der Waals surface area contributed by atoms with Crippen LogP contribution in [0, 0.1) is 0 Å². The summed E-state index contributed by atoms with van der Waals surface area (Å²) in [6.45, 7) is 7.56. The molecule has 1 aliphatic rings. The quantitative estimate of drug-likeness (QED) is 0.777. The minimum absolute atomic E-state index is 0.0665. The van der Waals surface area contributed by atoms with E-state index in [-0.39, 0.29) is 17.3 Å². The van der Waals surface area contributed by atoms with Crippen molar-refractivity contribution in [2.24, 2.45) is 0 Å². The fourth-order valence-corrected chi connectivity index (χ4v) is 3.85. The lowest BCUT2D eigenvalue weighted by Crippen LogP contribution is -2.47. The third kappa shape index (κ3) is 5.62. The zero-order valence-corrected chi connectivity index (χ0v) is 16.0. The van der Waals surface area contributed by atoms with Gasteiger partial charge >= 0.3 is 0 Å². The van der Waals surface area contributed by atoms with E-state index in [2.05, 4.69) is 20.8 Å². The van der Waals surface area contributed by atoms with Crippen molar-refractivity contribution >= 4 is 17.7 Å². The number of benzene rings is 1. The van der Waals surface area contributed by atoms with Crippen LogP contribution in [-0.4, -0.2) is 47.6 Å². The van der Waals surface area contributed by atoms with Gasteiger partial charge in [0.2, 0.25) is 0 Å². The van der Waals surface area contributed by atoms with Crippen LogP contribution >= 0.6 is 11.8 Å². The van der Waals surface area contributed by atoms with Crippen LogP contribution in [0.2, 0.25) is 0 Å². The van der Waals surface area contributed by atoms with E-state index in [4.69, 9.17) is 9.47 Å². The molecule has 1 saturated heterocycles. The fourth-order valence-electron chi connectivity index (χ4n) is 2.81. The first kappa shape index (κ1) is 19.0. The van der Waals surface area contributed by atoms with Crippen LogP contribution in [0.3, 0.4) is 0 Å². The Morgan fingerprint density at radius 1 is 1.25 bits per heavy atom. The van der Waals surface area contributed by atoms with Crippen molar-refractivity contribution in [3.05, 3.63) is 24.3 Å². The molecule has 0 aromatic heterocycles. The number of amides is 1. The number of para-hydroxylation sites is 2. The molecule has 0 spiro atoms. The zero-order chi connectivity index (χ0) is 17.6. The Bertz CT molecular complexity index is 542. The predicted octanol–water partition coefficient (Wildman–Crippen LogP) is 3.99. The number of thioether (sulfide) groups is 1. The van der Waals surface area contributed by atoms with Crippen LogP contribution in [0.1, 0.15) is 40.0 Å². The monoisotopic (exact) mass is 351 g/mol. The summed E-state index contributed by atoms with van der Waals surface area (Å²) in [7, 11) is 1.61. The summed E-state index contributed by atoms with van der Waals surface area (Å²) in [5.74, 6) is 2.33. The van der Waals surface area contributed by atoms with Gasteiger partial charge in [-0.25, -0.2) is 0 Å². The maximum Gasteiger partial charge on any atom is 0.260 e. The SMILES string of the molecule is COc1ccccc1OCC(=O)N1CCCC[C@H]1CSC(C)(C)C. The first-order valence-electron chi connectivity index (χ1n) is 8.60. The third-order valence-corrected chi connectivity index (χ3v) is 5.49. The molecule has 134 valence electrons. The maximum absolute atomic E-state index is 12.7. The van der Waals surface area contributed by atoms with Crippen molar-refractivity contribution in [1.82, 2.24) is 4.90 Å². The Hall–Kier alpha value is -1.36. The minimum Gasteiger partial charge on any atom is -0.493 e. The van der Waals surface area contributed by atoms with Gasteiger partial charge in [0.15, 0.2) is 18.1 Å². The van der Waals surface area contributed by atoms with E-state index >= 15 is 0 Å². The van der Waals surface area contributed by atoms with E-state index in [1.165, 1.54) is 6.42 Å². The minimum atomic E-state index is 0.0665. The highest BCUT2D eigenvalue weighted by molar-refractivity contribution is 8.00. The van der Waals surface area contributed by atoms with Gasteiger partial charge in [0, 0.05) is 23.1 Å². The van der Waals surface area contributed by atoms with Gasteiger partial charge in [-0.2, -0.15) is 11.8 Å². The van der Waals surface area contributed by atoms with E-state index in [1.807, 2.05) is 40.9 Å². The summed E-state index contributed by atoms with van der Waals surface area (Å²) in [4.78, 5) is 14.7. The molecular weight excluding hydrogens is 322 g/mol. The topological polar surface area (TPSA) is 38.8 Å². The Morgan fingerprint density at radius 2 is 1.96 bits per heavy atom. The van der Waals surface area contributed by atoms with Crippen LogP contribution < -0.4 is 9.47 Å². The summed E-state index contributed by atoms with van der Waals surface area (Å²) in [6.07, 6.45) is 3.37. The lowest BCUT2D eigenvalue weighted by molar-refractivity contribution is -0.136. The number of methoxy groups -OCH3 is 1. The molecule has 0 saturated carbocycles. The van der Waals surface area contributed by atoms with Crippen molar-refractivity contribution in [1.29, 1.82) is 0 Å². The lowest BCUT2D eigenvalue weighted by atomic mass is 10.0. The van der Waals surface area contributed by atoms with Gasteiger partial charge in [-0.05, 0) is 31.4 Å². The van der Waals surface area contributed by atoms with Gasteiger partial charge in [-0.3, -0.25) is 4.79 Å². The molecule has 5 heteroatoms. The van der Waals surface area contributed by atoms with E-state index in [1.54, 1.807) is 7.11 Å².